The van der Waals surface area contributed by atoms with Crippen molar-refractivity contribution in [1.29, 1.82) is 0 Å². The number of nitrogens with one attached hydrogen (secondary N) is 5. The fourth-order valence-electron chi connectivity index (χ4n) is 25.6. The first-order chi connectivity index (χ1) is 63.9. The van der Waals surface area contributed by atoms with Crippen molar-refractivity contribution >= 4 is 64.3 Å². The van der Waals surface area contributed by atoms with Crippen LogP contribution in [0.15, 0.2) is 195 Å². The minimum absolute atomic E-state index is 0.000514. The van der Waals surface area contributed by atoms with Gasteiger partial charge in [0.25, 0.3) is 0 Å². The van der Waals surface area contributed by atoms with Gasteiger partial charge in [-0.3, -0.25) is 34.3 Å². The Morgan fingerprint density at radius 3 is 1.36 bits per heavy atom. The predicted octanol–water partition coefficient (Wildman–Crippen LogP) is 21.3. The first-order valence-electron chi connectivity index (χ1n) is 48.5. The summed E-state index contributed by atoms with van der Waals surface area (Å²) in [6.07, 6.45) is 44.2. The zero-order valence-electron chi connectivity index (χ0n) is 76.5. The van der Waals surface area contributed by atoms with Gasteiger partial charge < -0.3 is 35.5 Å². The molecule has 20 rings (SSSR count). The predicted molar refractivity (Wildman–Crippen MR) is 508 cm³/mol. The number of halogens is 3. The highest BCUT2D eigenvalue weighted by molar-refractivity contribution is 7.90. The van der Waals surface area contributed by atoms with Crippen LogP contribution in [0.2, 0.25) is 0 Å². The number of alkyl carbamates (subject to hydrolysis) is 2. The lowest BCUT2D eigenvalue weighted by molar-refractivity contribution is -0.145. The number of hydrogen-bond donors (Lipinski definition) is 5. The maximum atomic E-state index is 13.6. The smallest absolute Gasteiger partial charge is 0.407 e. The summed E-state index contributed by atoms with van der Waals surface area (Å²) in [6, 6.07) is 44.5. The fraction of sp³-hybridized carbons (Fsp3) is 0.477. The van der Waals surface area contributed by atoms with Gasteiger partial charge in [0, 0.05) is 95.5 Å². The Labute approximate surface area is 775 Å². The fourth-order valence-corrected chi connectivity index (χ4v) is 27.8. The van der Waals surface area contributed by atoms with Crippen LogP contribution < -0.4 is 26.0 Å². The van der Waals surface area contributed by atoms with E-state index >= 15 is 0 Å². The highest BCUT2D eigenvalue weighted by Crippen LogP contribution is 2.57. The number of aromatic nitrogens is 4. The van der Waals surface area contributed by atoms with E-state index in [1.165, 1.54) is 98.9 Å². The van der Waals surface area contributed by atoms with E-state index in [1.54, 1.807) is 44.4 Å². The molecule has 5 N–H and O–H groups in total. The molecule has 4 aliphatic heterocycles. The number of amides is 4. The molecule has 8 aromatic rings. The van der Waals surface area contributed by atoms with Crippen LogP contribution in [0.25, 0.3) is 68.8 Å². The molecule has 4 aromatic heterocycles. The van der Waals surface area contributed by atoms with Crippen LogP contribution in [-0.2, 0) is 38.6 Å². The Bertz CT molecular complexity index is 5640. The van der Waals surface area contributed by atoms with Crippen molar-refractivity contribution in [2.75, 3.05) is 13.2 Å². The summed E-state index contributed by atoms with van der Waals surface area (Å²) >= 11 is 0. The average molecular weight is 1810 g/mol. The third-order valence-corrected chi connectivity index (χ3v) is 33.6. The Balaban J connectivity index is 0.000000123. The first-order valence-corrected chi connectivity index (χ1v) is 50.1. The summed E-state index contributed by atoms with van der Waals surface area (Å²) in [4.78, 5) is 79.6. The molecule has 0 radical (unpaired) electrons. The van der Waals surface area contributed by atoms with E-state index in [-0.39, 0.29) is 113 Å². The van der Waals surface area contributed by atoms with Gasteiger partial charge in [0.1, 0.15) is 23.6 Å². The number of carbonyl (C=O) groups is 5. The number of esters is 1. The molecule has 0 spiro atoms. The second-order valence-electron chi connectivity index (χ2n) is 39.4. The van der Waals surface area contributed by atoms with Gasteiger partial charge in [-0.25, -0.2) is 35.9 Å². The largest absolute Gasteiger partial charge is 0.462 e. The topological polar surface area (TPSA) is 259 Å². The number of aryl methyl sites for hydroxylation is 1. The summed E-state index contributed by atoms with van der Waals surface area (Å²) in [7, 11) is -3.39. The molecule has 132 heavy (non-hydrogen) atoms. The highest BCUT2D eigenvalue weighted by Gasteiger charge is 2.58. The molecule has 0 unspecified atom stereocenters. The van der Waals surface area contributed by atoms with Crippen LogP contribution in [0.3, 0.4) is 0 Å². The van der Waals surface area contributed by atoms with Gasteiger partial charge in [-0.1, -0.05) is 160 Å². The van der Waals surface area contributed by atoms with Crippen LogP contribution in [0.1, 0.15) is 185 Å². The lowest BCUT2D eigenvalue weighted by Gasteiger charge is -2.48. The van der Waals surface area contributed by atoms with Crippen LogP contribution in [-0.4, -0.2) is 113 Å². The van der Waals surface area contributed by atoms with Gasteiger partial charge in [-0.15, -0.1) is 0 Å². The van der Waals surface area contributed by atoms with Gasteiger partial charge in [-0.2, -0.15) is 0 Å². The third kappa shape index (κ3) is 21.5. The summed E-state index contributed by atoms with van der Waals surface area (Å²) < 4.78 is 85.4. The lowest BCUT2D eigenvalue weighted by Crippen LogP contribution is -2.50. The summed E-state index contributed by atoms with van der Waals surface area (Å²) in [5.74, 6) is 5.96. The number of rotatable bonds is 16. The minimum Gasteiger partial charge on any atom is -0.462 e. The number of carbonyl (C=O) groups excluding carboxylic acids is 5. The van der Waals surface area contributed by atoms with Crippen LogP contribution >= 0.6 is 0 Å². The second-order valence-corrected chi connectivity index (χ2v) is 41.4. The molecule has 8 aliphatic carbocycles. The van der Waals surface area contributed by atoms with E-state index < -0.39 is 21.4 Å². The number of fused-ring (bicyclic) bond motifs is 8. The van der Waals surface area contributed by atoms with Crippen molar-refractivity contribution in [2.24, 2.45) is 107 Å². The molecule has 25 atom stereocenters. The summed E-state index contributed by atoms with van der Waals surface area (Å²) in [5.41, 5.74) is 12.1. The molecule has 0 bridgehead atoms. The zero-order valence-corrected chi connectivity index (χ0v) is 77.3. The highest BCUT2D eigenvalue weighted by atomic mass is 32.2. The zero-order chi connectivity index (χ0) is 91.8. The number of ether oxygens (including phenoxy) is 3. The monoisotopic (exact) mass is 1810 g/mol. The maximum Gasteiger partial charge on any atom is 0.407 e. The molecule has 4 saturated heterocycles. The molecule has 23 heteroatoms. The SMILES string of the molecule is CCOC(=O)N[C@@H]1CC[C@@H]2[C@@H](C1)C[C@@H]1[C@H]([C@H]2/C=C/c2ccc(-c3cccc(F)c3)cn2)[C@@H](C)NS1(=O)=O.CCOC(=O)N[C@@H]1CC[C@@H]2[C@@H](C1)C[C@H]1C(=O)N[C@H](C)[C@H]1[C@H]2/C=C/c1ccc(-c2cccc(F)c2)cn1.Cc1cccc(-c2ccc(/C=C/[C@H]3[C@@H]4CCCC[C@H]4C[C@@H]4OC(=O)[C@@H](C)[C@H]34)nc2)c1.O=C1C[C@@H]2[C@@H](/C=C/c3ccc(-c4cccc(F)c4)cn3)[C@@H]3CCCC[C@H]3C[C@@H]2N1. The van der Waals surface area contributed by atoms with E-state index in [9.17, 15) is 45.6 Å². The lowest BCUT2D eigenvalue weighted by atomic mass is 9.57. The quantitative estimate of drug-likeness (QED) is 0.0445. The first kappa shape index (κ1) is 92.9. The molecule has 4 amide bonds. The second kappa shape index (κ2) is 41.7. The van der Waals surface area contributed by atoms with Crippen molar-refractivity contribution in [3.05, 3.63) is 240 Å². The number of benzene rings is 4. The van der Waals surface area contributed by atoms with E-state index in [2.05, 4.69) is 141 Å². The molecule has 8 saturated carbocycles. The number of pyridine rings is 4. The maximum absolute atomic E-state index is 13.6. The van der Waals surface area contributed by atoms with Crippen molar-refractivity contribution in [3.63, 3.8) is 0 Å². The van der Waals surface area contributed by atoms with Crippen LogP contribution in [0, 0.1) is 131 Å². The van der Waals surface area contributed by atoms with E-state index in [0.717, 1.165) is 125 Å². The van der Waals surface area contributed by atoms with Crippen molar-refractivity contribution < 1.29 is 59.8 Å². The van der Waals surface area contributed by atoms with Gasteiger partial charge >= 0.3 is 18.2 Å². The summed E-state index contributed by atoms with van der Waals surface area (Å²) in [5, 5.41) is 11.9. The van der Waals surface area contributed by atoms with Crippen LogP contribution in [0.5, 0.6) is 0 Å². The standard InChI is InChI=1S/C29H34FN3O3.C28H34FN3O4S.C27H31NO2.C25H27FN2O/c1-3-36-29(35)33-23-10-11-24-20(14-23)15-26-27(17(2)32-28(26)34)25(24)12-9-22-8-7-19(16-31-22)18-5-4-6-21(30)13-18;1-3-36-28(33)31-23-10-11-24-20(14-23)15-26-27(17(2)32-37(26,34)35)25(24)12-9-22-8-7-19(16-30-22)18-5-4-6-21(29)13-18;1-17-6-5-8-19(14-17)21-10-11-22(28-16-21)12-13-24-23-9-4-3-7-20(23)15-25-26(24)18(2)27(29)30-25;26-19-6-3-5-16(12-19)18-8-9-20(27-15-18)10-11-22-21-7-2-1-4-17(21)13-24-23(22)14-25(29)28-24/h4-9,12-13,16-17,20,23-27H,3,10-11,14-15H2,1-2H3,(H,32,34)(H,33,35);4-9,12-13,16-17,20,23-27,32H,3,10-11,14-15H2,1-2H3,(H,31,33);5-6,8,10-14,16,18,20,23-26H,3-4,7,9,15H2,1-2H3;3,5-6,8-12,15,17,21-24H,1-2,4,7,13-14H2,(H,28,29)/b2*12-9+;13-12+;11-10+/t2*17-,20+,23-,24-,25+,26-,27+;18-,20-,23+,24-,25-,26+;17-,21+,22-,23+,24-/m1100/s1. The number of allylic oxidation sites excluding steroid dienone is 4. The molecular formula is C109H126F3N9O10S. The van der Waals surface area contributed by atoms with Gasteiger partial charge in [0.05, 0.1) is 47.2 Å². The third-order valence-electron chi connectivity index (χ3n) is 31.6. The molecule has 12 aliphatic rings. The van der Waals surface area contributed by atoms with Gasteiger partial charge in [-0.05, 0) is 308 Å². The molecule has 4 aromatic carbocycles. The Morgan fingerprint density at radius 1 is 0.455 bits per heavy atom. The van der Waals surface area contributed by atoms with Gasteiger partial charge in [0.15, 0.2) is 0 Å². The van der Waals surface area contributed by atoms with Crippen molar-refractivity contribution in [1.82, 2.24) is 45.9 Å². The molecule has 8 heterocycles. The number of hydrogen-bond acceptors (Lipinski definition) is 14. The normalized spacial score (nSPS) is 32.1. The molecule has 694 valence electrons. The minimum atomic E-state index is -3.39. The number of nitrogens with zero attached hydrogens (tertiary/aromatic N) is 4. The molecular weight excluding hydrogens is 1680 g/mol. The van der Waals surface area contributed by atoms with Crippen LogP contribution in [0.4, 0.5) is 22.8 Å². The van der Waals surface area contributed by atoms with Crippen molar-refractivity contribution in [2.45, 2.75) is 205 Å². The molecule has 19 nitrogen and oxygen atoms in total. The van der Waals surface area contributed by atoms with Gasteiger partial charge in [0.2, 0.25) is 21.8 Å². The Hall–Kier alpha value is -10.9. The average Bonchev–Trinajstić information content (AvgIpc) is 1.57. The Kier molecular flexibility index (Phi) is 29.4. The Morgan fingerprint density at radius 2 is 0.886 bits per heavy atom. The molecule has 12 fully saturated rings. The summed E-state index contributed by atoms with van der Waals surface area (Å²) in [6.45, 7) is 12.5. The van der Waals surface area contributed by atoms with E-state index in [4.69, 9.17) is 19.2 Å². The van der Waals surface area contributed by atoms with Crippen molar-refractivity contribution in [3.8, 4) is 44.5 Å². The number of sulfonamides is 1. The van der Waals surface area contributed by atoms with E-state index in [1.807, 2.05) is 80.0 Å². The van der Waals surface area contributed by atoms with E-state index in [0.29, 0.717) is 91.3 Å².